The Bertz CT molecular complexity index is 1020. The van der Waals surface area contributed by atoms with Crippen LogP contribution in [0.4, 0.5) is 0 Å². The van der Waals surface area contributed by atoms with Gasteiger partial charge in [-0.25, -0.2) is 4.79 Å². The van der Waals surface area contributed by atoms with Gasteiger partial charge in [-0.05, 0) is 24.6 Å². The fraction of sp³-hybridized carbons (Fsp3) is 0.250. The number of ether oxygens (including phenoxy) is 2. The van der Waals surface area contributed by atoms with Crippen molar-refractivity contribution in [3.05, 3.63) is 69.6 Å². The SMILES string of the molecule is Cc1cccc2c1[C@@H]1COc3c(c4ccccc4oc3=O)[C@@H]1CO2. The van der Waals surface area contributed by atoms with E-state index in [1.165, 1.54) is 11.1 Å². The number of aryl methyl sites for hydroxylation is 1. The maximum absolute atomic E-state index is 12.3. The van der Waals surface area contributed by atoms with Gasteiger partial charge in [0.05, 0.1) is 13.2 Å². The molecule has 0 saturated heterocycles. The van der Waals surface area contributed by atoms with E-state index in [9.17, 15) is 4.79 Å². The third-order valence-corrected chi connectivity index (χ3v) is 5.15. The third kappa shape index (κ3) is 1.77. The largest absolute Gasteiger partial charge is 0.493 e. The highest BCUT2D eigenvalue weighted by molar-refractivity contribution is 5.83. The van der Waals surface area contributed by atoms with Crippen LogP contribution in [0.5, 0.6) is 11.5 Å². The van der Waals surface area contributed by atoms with Gasteiger partial charge in [0.1, 0.15) is 11.3 Å². The van der Waals surface area contributed by atoms with Crippen molar-refractivity contribution in [2.45, 2.75) is 18.8 Å². The molecular weight excluding hydrogens is 304 g/mol. The quantitative estimate of drug-likeness (QED) is 0.592. The molecule has 0 fully saturated rings. The van der Waals surface area contributed by atoms with Crippen molar-refractivity contribution in [1.82, 2.24) is 0 Å². The Morgan fingerprint density at radius 3 is 2.62 bits per heavy atom. The van der Waals surface area contributed by atoms with Gasteiger partial charge in [-0.15, -0.1) is 0 Å². The van der Waals surface area contributed by atoms with Gasteiger partial charge in [0.25, 0.3) is 0 Å². The van der Waals surface area contributed by atoms with Crippen LogP contribution < -0.4 is 15.1 Å². The molecular formula is C20H16O4. The van der Waals surface area contributed by atoms with Crippen molar-refractivity contribution >= 4 is 11.0 Å². The molecule has 2 aromatic carbocycles. The van der Waals surface area contributed by atoms with Crippen LogP contribution in [0.1, 0.15) is 28.5 Å². The minimum absolute atomic E-state index is 0.0938. The lowest BCUT2D eigenvalue weighted by Crippen LogP contribution is -2.34. The van der Waals surface area contributed by atoms with Gasteiger partial charge in [-0.2, -0.15) is 0 Å². The van der Waals surface area contributed by atoms with Crippen molar-refractivity contribution in [3.8, 4) is 11.5 Å². The molecule has 4 nitrogen and oxygen atoms in total. The van der Waals surface area contributed by atoms with Gasteiger partial charge in [-0.1, -0.05) is 30.3 Å². The Hall–Kier alpha value is -2.75. The number of benzene rings is 2. The van der Waals surface area contributed by atoms with Gasteiger partial charge in [0, 0.05) is 28.3 Å². The van der Waals surface area contributed by atoms with Gasteiger partial charge in [0.15, 0.2) is 0 Å². The molecule has 2 aliphatic rings. The molecule has 0 amide bonds. The summed E-state index contributed by atoms with van der Waals surface area (Å²) >= 11 is 0. The summed E-state index contributed by atoms with van der Waals surface area (Å²) in [5, 5.41) is 0.933. The zero-order valence-corrected chi connectivity index (χ0v) is 13.2. The lowest BCUT2D eigenvalue weighted by molar-refractivity contribution is 0.164. The summed E-state index contributed by atoms with van der Waals surface area (Å²) in [4.78, 5) is 12.3. The predicted octanol–water partition coefficient (Wildman–Crippen LogP) is 3.75. The van der Waals surface area contributed by atoms with Crippen LogP contribution >= 0.6 is 0 Å². The topological polar surface area (TPSA) is 48.7 Å². The maximum Gasteiger partial charge on any atom is 0.379 e. The molecule has 4 heteroatoms. The lowest BCUT2D eigenvalue weighted by atomic mass is 9.76. The Balaban J connectivity index is 1.78. The number of hydrogen-bond donors (Lipinski definition) is 0. The van der Waals surface area contributed by atoms with E-state index in [2.05, 4.69) is 13.0 Å². The normalized spacial score (nSPS) is 21.2. The number of fused-ring (bicyclic) bond motifs is 7. The van der Waals surface area contributed by atoms with Gasteiger partial charge in [0.2, 0.25) is 5.75 Å². The standard InChI is InChI=1S/C20H16O4/c1-11-5-4-8-16-17(11)13-10-23-19-18(14(13)9-22-16)12-6-2-3-7-15(12)24-20(19)21/h2-8,13-14H,9-10H2,1H3/t13-,14-/m1/s1. The van der Waals surface area contributed by atoms with Crippen LogP contribution in [0.25, 0.3) is 11.0 Å². The van der Waals surface area contributed by atoms with E-state index in [1.807, 2.05) is 36.4 Å². The van der Waals surface area contributed by atoms with Crippen molar-refractivity contribution in [2.75, 3.05) is 13.2 Å². The molecule has 0 unspecified atom stereocenters. The number of para-hydroxylation sites is 1. The minimum Gasteiger partial charge on any atom is -0.493 e. The molecule has 0 saturated carbocycles. The van der Waals surface area contributed by atoms with Crippen LogP contribution in [0.2, 0.25) is 0 Å². The molecule has 120 valence electrons. The first kappa shape index (κ1) is 13.7. The second-order valence-electron chi connectivity index (χ2n) is 6.45. The molecule has 2 atom stereocenters. The summed E-state index contributed by atoms with van der Waals surface area (Å²) in [7, 11) is 0. The van der Waals surface area contributed by atoms with E-state index in [0.717, 1.165) is 16.7 Å². The zero-order valence-electron chi connectivity index (χ0n) is 13.2. The summed E-state index contributed by atoms with van der Waals surface area (Å²) in [6.07, 6.45) is 0. The Kier molecular flexibility index (Phi) is 2.77. The fourth-order valence-corrected chi connectivity index (χ4v) is 4.07. The van der Waals surface area contributed by atoms with Crippen LogP contribution in [-0.4, -0.2) is 13.2 Å². The van der Waals surface area contributed by atoms with Gasteiger partial charge < -0.3 is 13.9 Å². The minimum atomic E-state index is -0.405. The summed E-state index contributed by atoms with van der Waals surface area (Å²) in [5.74, 6) is 1.55. The lowest BCUT2D eigenvalue weighted by Gasteiger charge is -2.38. The summed E-state index contributed by atoms with van der Waals surface area (Å²) in [5.41, 5.74) is 3.50. The second kappa shape index (κ2) is 4.87. The van der Waals surface area contributed by atoms with Crippen LogP contribution in [0, 0.1) is 6.92 Å². The molecule has 0 spiro atoms. The Labute approximate surface area is 138 Å². The van der Waals surface area contributed by atoms with E-state index in [-0.39, 0.29) is 11.8 Å². The first-order chi connectivity index (χ1) is 11.7. The van der Waals surface area contributed by atoms with Crippen LogP contribution in [0.3, 0.4) is 0 Å². The second-order valence-corrected chi connectivity index (χ2v) is 6.45. The molecule has 0 bridgehead atoms. The van der Waals surface area contributed by atoms with Crippen molar-refractivity contribution in [2.24, 2.45) is 0 Å². The summed E-state index contributed by atoms with van der Waals surface area (Å²) < 4.78 is 17.3. The third-order valence-electron chi connectivity index (χ3n) is 5.15. The van der Waals surface area contributed by atoms with Gasteiger partial charge >= 0.3 is 5.63 Å². The maximum atomic E-state index is 12.3. The average molecular weight is 320 g/mol. The van der Waals surface area contributed by atoms with Crippen molar-refractivity contribution in [3.63, 3.8) is 0 Å². The fourth-order valence-electron chi connectivity index (χ4n) is 4.07. The average Bonchev–Trinajstić information content (AvgIpc) is 2.61. The Morgan fingerprint density at radius 1 is 0.917 bits per heavy atom. The summed E-state index contributed by atoms with van der Waals surface area (Å²) in [6.45, 7) is 3.12. The Morgan fingerprint density at radius 2 is 1.71 bits per heavy atom. The smallest absolute Gasteiger partial charge is 0.379 e. The van der Waals surface area contributed by atoms with E-state index in [4.69, 9.17) is 13.9 Å². The van der Waals surface area contributed by atoms with E-state index < -0.39 is 5.63 Å². The van der Waals surface area contributed by atoms with E-state index in [0.29, 0.717) is 24.5 Å². The monoisotopic (exact) mass is 320 g/mol. The highest BCUT2D eigenvalue weighted by Gasteiger charge is 2.40. The highest BCUT2D eigenvalue weighted by Crippen LogP contribution is 2.49. The number of hydrogen-bond acceptors (Lipinski definition) is 4. The molecule has 1 aromatic heterocycles. The van der Waals surface area contributed by atoms with Crippen molar-refractivity contribution < 1.29 is 13.9 Å². The highest BCUT2D eigenvalue weighted by atomic mass is 16.5. The molecule has 0 radical (unpaired) electrons. The molecule has 3 aromatic rings. The summed E-state index contributed by atoms with van der Waals surface area (Å²) in [6, 6.07) is 13.7. The predicted molar refractivity (Wildman–Crippen MR) is 90.1 cm³/mol. The molecule has 0 aliphatic carbocycles. The molecule has 0 N–H and O–H groups in total. The molecule has 2 aliphatic heterocycles. The zero-order chi connectivity index (χ0) is 16.3. The van der Waals surface area contributed by atoms with Crippen LogP contribution in [-0.2, 0) is 0 Å². The first-order valence-electron chi connectivity index (χ1n) is 8.15. The molecule has 3 heterocycles. The molecule has 24 heavy (non-hydrogen) atoms. The van der Waals surface area contributed by atoms with Gasteiger partial charge in [-0.3, -0.25) is 0 Å². The van der Waals surface area contributed by atoms with E-state index >= 15 is 0 Å². The molecule has 5 rings (SSSR count). The first-order valence-corrected chi connectivity index (χ1v) is 8.15. The van der Waals surface area contributed by atoms with Crippen molar-refractivity contribution in [1.29, 1.82) is 0 Å². The number of rotatable bonds is 0. The van der Waals surface area contributed by atoms with E-state index in [1.54, 1.807) is 0 Å². The van der Waals surface area contributed by atoms with Crippen LogP contribution in [0.15, 0.2) is 51.7 Å².